The van der Waals surface area contributed by atoms with Crippen LogP contribution >= 0.6 is 27.3 Å². The first-order chi connectivity index (χ1) is 10.2. The first-order valence-corrected chi connectivity index (χ1v) is 8.95. The first-order valence-electron chi connectivity index (χ1n) is 7.34. The lowest BCUT2D eigenvalue weighted by molar-refractivity contribution is 0.414. The molecule has 2 rings (SSSR count). The molecule has 0 aliphatic carbocycles. The zero-order valence-electron chi connectivity index (χ0n) is 12.6. The van der Waals surface area contributed by atoms with Crippen LogP contribution in [0.2, 0.25) is 0 Å². The van der Waals surface area contributed by atoms with Gasteiger partial charge in [-0.3, -0.25) is 0 Å². The van der Waals surface area contributed by atoms with Gasteiger partial charge in [-0.1, -0.05) is 19.1 Å². The lowest BCUT2D eigenvalue weighted by Crippen LogP contribution is -2.21. The summed E-state index contributed by atoms with van der Waals surface area (Å²) in [4.78, 5) is 1.41. The highest BCUT2D eigenvalue weighted by Crippen LogP contribution is 2.30. The lowest BCUT2D eigenvalue weighted by atomic mass is 10.0. The van der Waals surface area contributed by atoms with Crippen LogP contribution in [0.5, 0.6) is 5.75 Å². The van der Waals surface area contributed by atoms with E-state index < -0.39 is 0 Å². The lowest BCUT2D eigenvalue weighted by Gasteiger charge is -2.17. The van der Waals surface area contributed by atoms with E-state index >= 15 is 0 Å². The smallest absolute Gasteiger partial charge is 0.118 e. The Hall–Kier alpha value is -0.840. The monoisotopic (exact) mass is 367 g/mol. The molecule has 4 heteroatoms. The molecule has 1 aromatic heterocycles. The van der Waals surface area contributed by atoms with E-state index in [0.717, 1.165) is 31.6 Å². The number of hydrogen-bond donors (Lipinski definition) is 1. The van der Waals surface area contributed by atoms with Crippen molar-refractivity contribution in [3.05, 3.63) is 50.6 Å². The molecule has 1 heterocycles. The zero-order valence-corrected chi connectivity index (χ0v) is 15.0. The van der Waals surface area contributed by atoms with Gasteiger partial charge >= 0.3 is 0 Å². The second kappa shape index (κ2) is 8.57. The molecule has 1 aromatic carbocycles. The van der Waals surface area contributed by atoms with E-state index in [0.29, 0.717) is 6.04 Å². The Morgan fingerprint density at radius 1 is 1.19 bits per heavy atom. The van der Waals surface area contributed by atoms with Crippen LogP contribution in [0.4, 0.5) is 0 Å². The van der Waals surface area contributed by atoms with Crippen molar-refractivity contribution in [2.45, 2.75) is 32.2 Å². The number of nitrogens with one attached hydrogen (secondary N) is 1. The van der Waals surface area contributed by atoms with Crippen molar-refractivity contribution in [1.29, 1.82) is 0 Å². The van der Waals surface area contributed by atoms with Crippen molar-refractivity contribution in [3.8, 4) is 5.75 Å². The fourth-order valence-electron chi connectivity index (χ4n) is 2.28. The molecule has 0 spiro atoms. The predicted octanol–water partition coefficient (Wildman–Crippen LogP) is 5.19. The summed E-state index contributed by atoms with van der Waals surface area (Å²) in [6.07, 6.45) is 3.34. The van der Waals surface area contributed by atoms with Gasteiger partial charge in [0, 0.05) is 10.9 Å². The van der Waals surface area contributed by atoms with Crippen LogP contribution in [-0.4, -0.2) is 13.7 Å². The standard InChI is InChI=1S/C17H22BrNOS/c1-3-12-19-15(16-10-11-17(18)21-16)9-6-13-4-7-14(20-2)8-5-13/h4-5,7-8,10-11,15,19H,3,6,9,12H2,1-2H3. The van der Waals surface area contributed by atoms with E-state index in [1.165, 1.54) is 14.2 Å². The SMILES string of the molecule is CCCNC(CCc1ccc(OC)cc1)c1ccc(Br)s1. The number of hydrogen-bond acceptors (Lipinski definition) is 3. The number of rotatable bonds is 8. The number of aryl methyl sites for hydroxylation is 1. The van der Waals surface area contributed by atoms with E-state index in [1.807, 2.05) is 23.5 Å². The maximum atomic E-state index is 5.20. The minimum atomic E-state index is 0.434. The van der Waals surface area contributed by atoms with Crippen LogP contribution in [0, 0.1) is 0 Å². The molecule has 0 radical (unpaired) electrons. The van der Waals surface area contributed by atoms with E-state index in [2.05, 4.69) is 52.4 Å². The topological polar surface area (TPSA) is 21.3 Å². The Labute approximate surface area is 139 Å². The van der Waals surface area contributed by atoms with E-state index in [4.69, 9.17) is 4.74 Å². The van der Waals surface area contributed by atoms with Crippen LogP contribution < -0.4 is 10.1 Å². The molecular formula is C17H22BrNOS. The molecule has 2 aromatic rings. The van der Waals surface area contributed by atoms with E-state index in [-0.39, 0.29) is 0 Å². The van der Waals surface area contributed by atoms with Crippen molar-refractivity contribution in [2.24, 2.45) is 0 Å². The first kappa shape index (κ1) is 16.5. The molecule has 0 saturated carbocycles. The Morgan fingerprint density at radius 2 is 1.95 bits per heavy atom. The number of benzene rings is 1. The number of ether oxygens (including phenoxy) is 1. The van der Waals surface area contributed by atoms with Crippen LogP contribution in [-0.2, 0) is 6.42 Å². The molecule has 114 valence electrons. The second-order valence-electron chi connectivity index (χ2n) is 5.04. The summed E-state index contributed by atoms with van der Waals surface area (Å²) in [5.74, 6) is 0.918. The Morgan fingerprint density at radius 3 is 2.52 bits per heavy atom. The van der Waals surface area contributed by atoms with Gasteiger partial charge in [-0.25, -0.2) is 0 Å². The van der Waals surface area contributed by atoms with Crippen molar-refractivity contribution in [2.75, 3.05) is 13.7 Å². The quantitative estimate of drug-likeness (QED) is 0.692. The minimum absolute atomic E-state index is 0.434. The molecule has 2 nitrogen and oxygen atoms in total. The third-order valence-electron chi connectivity index (χ3n) is 3.46. The van der Waals surface area contributed by atoms with Gasteiger partial charge in [0.1, 0.15) is 5.75 Å². The summed E-state index contributed by atoms with van der Waals surface area (Å²) in [5.41, 5.74) is 1.36. The molecule has 0 aliphatic rings. The van der Waals surface area contributed by atoms with Crippen LogP contribution in [0.25, 0.3) is 0 Å². The van der Waals surface area contributed by atoms with Gasteiger partial charge in [-0.15, -0.1) is 11.3 Å². The van der Waals surface area contributed by atoms with Gasteiger partial charge in [0.15, 0.2) is 0 Å². The molecule has 1 N–H and O–H groups in total. The summed E-state index contributed by atoms with van der Waals surface area (Å²) < 4.78 is 6.40. The minimum Gasteiger partial charge on any atom is -0.497 e. The van der Waals surface area contributed by atoms with Gasteiger partial charge in [-0.05, 0) is 71.6 Å². The van der Waals surface area contributed by atoms with E-state index in [9.17, 15) is 0 Å². The Bertz CT molecular complexity index is 538. The number of thiophene rings is 1. The normalized spacial score (nSPS) is 12.3. The highest BCUT2D eigenvalue weighted by Gasteiger charge is 2.13. The fraction of sp³-hybridized carbons (Fsp3) is 0.412. The van der Waals surface area contributed by atoms with Crippen LogP contribution in [0.15, 0.2) is 40.2 Å². The van der Waals surface area contributed by atoms with Crippen molar-refractivity contribution < 1.29 is 4.74 Å². The Balaban J connectivity index is 1.97. The third kappa shape index (κ3) is 5.13. The molecule has 21 heavy (non-hydrogen) atoms. The molecule has 0 saturated heterocycles. The van der Waals surface area contributed by atoms with Crippen molar-refractivity contribution in [3.63, 3.8) is 0 Å². The van der Waals surface area contributed by atoms with Gasteiger partial charge in [0.05, 0.1) is 10.9 Å². The van der Waals surface area contributed by atoms with Gasteiger partial charge in [0.25, 0.3) is 0 Å². The maximum Gasteiger partial charge on any atom is 0.118 e. The van der Waals surface area contributed by atoms with E-state index in [1.54, 1.807) is 7.11 Å². The highest BCUT2D eigenvalue weighted by molar-refractivity contribution is 9.11. The molecular weight excluding hydrogens is 346 g/mol. The van der Waals surface area contributed by atoms with Gasteiger partial charge < -0.3 is 10.1 Å². The molecule has 0 amide bonds. The maximum absolute atomic E-state index is 5.20. The summed E-state index contributed by atoms with van der Waals surface area (Å²) in [7, 11) is 1.70. The van der Waals surface area contributed by atoms with Crippen LogP contribution in [0.3, 0.4) is 0 Å². The molecule has 1 unspecified atom stereocenters. The summed E-state index contributed by atoms with van der Waals surface area (Å²) in [5, 5.41) is 3.66. The van der Waals surface area contributed by atoms with Crippen LogP contribution in [0.1, 0.15) is 36.2 Å². The summed E-state index contributed by atoms with van der Waals surface area (Å²) in [6.45, 7) is 3.26. The largest absolute Gasteiger partial charge is 0.497 e. The second-order valence-corrected chi connectivity index (χ2v) is 7.53. The molecule has 0 fully saturated rings. The Kier molecular flexibility index (Phi) is 6.74. The average Bonchev–Trinajstić information content (AvgIpc) is 2.94. The molecule has 0 bridgehead atoms. The zero-order chi connectivity index (χ0) is 15.1. The van der Waals surface area contributed by atoms with Gasteiger partial charge in [-0.2, -0.15) is 0 Å². The predicted molar refractivity (Wildman–Crippen MR) is 94.4 cm³/mol. The average molecular weight is 368 g/mol. The fourth-order valence-corrected chi connectivity index (χ4v) is 3.82. The number of halogens is 1. The number of methoxy groups -OCH3 is 1. The summed E-state index contributed by atoms with van der Waals surface area (Å²) in [6, 6.07) is 13.2. The van der Waals surface area contributed by atoms with Gasteiger partial charge in [0.2, 0.25) is 0 Å². The molecule has 0 aliphatic heterocycles. The van der Waals surface area contributed by atoms with Crippen molar-refractivity contribution >= 4 is 27.3 Å². The molecule has 1 atom stereocenters. The van der Waals surface area contributed by atoms with Crippen molar-refractivity contribution in [1.82, 2.24) is 5.32 Å². The third-order valence-corrected chi connectivity index (χ3v) is 5.20. The summed E-state index contributed by atoms with van der Waals surface area (Å²) >= 11 is 5.38. The highest BCUT2D eigenvalue weighted by atomic mass is 79.9.